The van der Waals surface area contributed by atoms with Crippen molar-refractivity contribution in [1.29, 1.82) is 0 Å². The Morgan fingerprint density at radius 1 is 1.35 bits per heavy atom. The average molecular weight is 260 g/mol. The van der Waals surface area contributed by atoms with Gasteiger partial charge in [0.1, 0.15) is 23.9 Å². The van der Waals surface area contributed by atoms with Crippen molar-refractivity contribution in [2.45, 2.75) is 68.3 Å². The van der Waals surface area contributed by atoms with E-state index < -0.39 is 31.0 Å². The summed E-state index contributed by atoms with van der Waals surface area (Å²) in [5.41, 5.74) is -1.10. The Hall–Kier alpha value is 0.0700. The molecule has 0 aromatic heterocycles. The second kappa shape index (κ2) is 2.81. The molecule has 2 saturated carbocycles. The molecule has 1 N–H and O–H groups in total. The first-order chi connectivity index (χ1) is 7.92. The van der Waals surface area contributed by atoms with Gasteiger partial charge in [0.2, 0.25) is 0 Å². The van der Waals surface area contributed by atoms with Crippen LogP contribution in [0.5, 0.6) is 0 Å². The zero-order valence-electron chi connectivity index (χ0n) is 9.96. The van der Waals surface area contributed by atoms with E-state index in [1.54, 1.807) is 0 Å². The number of hydrogen-bond acceptors (Lipinski definition) is 5. The summed E-state index contributed by atoms with van der Waals surface area (Å²) in [4.78, 5) is 0. The maximum Gasteiger partial charge on any atom is 0.334 e. The smallest absolute Gasteiger partial charge is 0.334 e. The number of ether oxygens (including phenoxy) is 1. The topological polar surface area (TPSA) is 65.0 Å². The van der Waals surface area contributed by atoms with Crippen molar-refractivity contribution in [3.63, 3.8) is 0 Å². The lowest BCUT2D eigenvalue weighted by Crippen LogP contribution is -2.41. The second-order valence-corrected chi connectivity index (χ2v) is 8.56. The maximum atomic E-state index is 12.5. The molecule has 2 saturated heterocycles. The standard InChI is InChI=1S/C11H17O5P/c1-6(2)17(13)14-7-5-11(7)9(15-17)8(12)10(16-11)3-4-10/h6-9,12H,3-5H2,1-2H3/t7?,8-,9+,11-,17?/m1/s1. The van der Waals surface area contributed by atoms with Gasteiger partial charge in [-0.2, -0.15) is 0 Å². The Morgan fingerprint density at radius 3 is 2.65 bits per heavy atom. The zero-order chi connectivity index (χ0) is 12.1. The zero-order valence-corrected chi connectivity index (χ0v) is 10.9. The van der Waals surface area contributed by atoms with Crippen LogP contribution in [0.1, 0.15) is 33.1 Å². The molecule has 6 heteroatoms. The fourth-order valence-electron chi connectivity index (χ4n) is 3.08. The van der Waals surface area contributed by atoms with Gasteiger partial charge in [-0.1, -0.05) is 13.8 Å². The van der Waals surface area contributed by atoms with E-state index in [4.69, 9.17) is 13.8 Å². The fourth-order valence-corrected chi connectivity index (χ4v) is 4.83. The summed E-state index contributed by atoms with van der Waals surface area (Å²) in [5, 5.41) is 10.3. The first kappa shape index (κ1) is 10.9. The minimum atomic E-state index is -3.08. The predicted molar refractivity (Wildman–Crippen MR) is 58.9 cm³/mol. The fraction of sp³-hybridized carbons (Fsp3) is 1.00. The van der Waals surface area contributed by atoms with Gasteiger partial charge in [-0.3, -0.25) is 9.09 Å². The molecule has 2 unspecified atom stereocenters. The summed E-state index contributed by atoms with van der Waals surface area (Å²) < 4.78 is 29.7. The summed E-state index contributed by atoms with van der Waals surface area (Å²) >= 11 is 0. The first-order valence-electron chi connectivity index (χ1n) is 6.27. The summed E-state index contributed by atoms with van der Waals surface area (Å²) in [6.07, 6.45) is 1.18. The number of rotatable bonds is 1. The Balaban J connectivity index is 1.70. The monoisotopic (exact) mass is 260 g/mol. The molecule has 96 valence electrons. The van der Waals surface area contributed by atoms with Crippen molar-refractivity contribution in [2.75, 3.05) is 0 Å². The van der Waals surface area contributed by atoms with Gasteiger partial charge in [-0.15, -0.1) is 0 Å². The van der Waals surface area contributed by atoms with Crippen molar-refractivity contribution in [3.8, 4) is 0 Å². The number of hydrogen-bond donors (Lipinski definition) is 1. The highest BCUT2D eigenvalue weighted by Crippen LogP contribution is 2.73. The van der Waals surface area contributed by atoms with Gasteiger partial charge in [0.25, 0.3) is 0 Å². The molecule has 0 radical (unpaired) electrons. The molecule has 4 fully saturated rings. The van der Waals surface area contributed by atoms with Crippen molar-refractivity contribution in [2.24, 2.45) is 0 Å². The highest BCUT2D eigenvalue weighted by atomic mass is 31.2. The second-order valence-electron chi connectivity index (χ2n) is 6.02. The molecule has 0 aromatic rings. The third-order valence-corrected chi connectivity index (χ3v) is 6.83. The van der Waals surface area contributed by atoms with Gasteiger partial charge in [0, 0.05) is 6.42 Å². The van der Waals surface area contributed by atoms with Crippen LogP contribution in [-0.4, -0.2) is 40.3 Å². The third-order valence-electron chi connectivity index (χ3n) is 4.50. The molecular weight excluding hydrogens is 243 g/mol. The van der Waals surface area contributed by atoms with Crippen LogP contribution in [0.3, 0.4) is 0 Å². The average Bonchev–Trinajstić information content (AvgIpc) is 3.12. The first-order valence-corrected chi connectivity index (χ1v) is 7.88. The third kappa shape index (κ3) is 1.17. The lowest BCUT2D eigenvalue weighted by atomic mass is 10.1. The van der Waals surface area contributed by atoms with Crippen molar-refractivity contribution in [3.05, 3.63) is 0 Å². The molecule has 0 aromatic carbocycles. The maximum absolute atomic E-state index is 12.5. The van der Waals surface area contributed by atoms with Crippen molar-refractivity contribution >= 4 is 7.60 Å². The van der Waals surface area contributed by atoms with Crippen LogP contribution < -0.4 is 0 Å². The summed E-state index contributed by atoms with van der Waals surface area (Å²) in [6.45, 7) is 3.65. The molecule has 2 aliphatic carbocycles. The van der Waals surface area contributed by atoms with Gasteiger partial charge in [0.05, 0.1) is 11.3 Å². The molecule has 17 heavy (non-hydrogen) atoms. The molecular formula is C11H17O5P. The van der Waals surface area contributed by atoms with Crippen LogP contribution in [0.15, 0.2) is 0 Å². The normalized spacial score (nSPS) is 58.0. The van der Waals surface area contributed by atoms with E-state index in [0.717, 1.165) is 12.8 Å². The molecule has 0 amide bonds. The van der Waals surface area contributed by atoms with E-state index >= 15 is 0 Å². The van der Waals surface area contributed by atoms with E-state index in [2.05, 4.69) is 0 Å². The Morgan fingerprint density at radius 2 is 2.06 bits per heavy atom. The van der Waals surface area contributed by atoms with Gasteiger partial charge in [-0.25, -0.2) is 0 Å². The Labute approximate surface area is 100.0 Å². The molecule has 0 bridgehead atoms. The minimum Gasteiger partial charge on any atom is -0.387 e. The van der Waals surface area contributed by atoms with E-state index in [1.165, 1.54) is 0 Å². The van der Waals surface area contributed by atoms with Crippen molar-refractivity contribution < 1.29 is 23.5 Å². The lowest BCUT2D eigenvalue weighted by molar-refractivity contribution is -0.0599. The Bertz CT molecular complexity index is 432. The molecule has 4 rings (SSSR count). The van der Waals surface area contributed by atoms with E-state index in [-0.39, 0.29) is 11.8 Å². The van der Waals surface area contributed by atoms with E-state index in [1.807, 2.05) is 13.8 Å². The largest absolute Gasteiger partial charge is 0.387 e. The summed E-state index contributed by atoms with van der Waals surface area (Å²) in [6, 6.07) is 0. The van der Waals surface area contributed by atoms with E-state index in [0.29, 0.717) is 6.42 Å². The minimum absolute atomic E-state index is 0.149. The molecule has 2 heterocycles. The molecule has 2 aliphatic heterocycles. The quantitative estimate of drug-likeness (QED) is 0.723. The lowest BCUT2D eigenvalue weighted by Gasteiger charge is -2.33. The van der Waals surface area contributed by atoms with Gasteiger partial charge in [-0.05, 0) is 12.8 Å². The Kier molecular flexibility index (Phi) is 1.81. The van der Waals surface area contributed by atoms with Crippen LogP contribution in [0, 0.1) is 0 Å². The van der Waals surface area contributed by atoms with Crippen LogP contribution in [0.4, 0.5) is 0 Å². The van der Waals surface area contributed by atoms with Crippen LogP contribution in [0.25, 0.3) is 0 Å². The van der Waals surface area contributed by atoms with Gasteiger partial charge < -0.3 is 14.4 Å². The molecule has 4 aliphatic rings. The SMILES string of the molecule is CC(C)P1(=O)OC2C[C@@]23OC2(CC2)[C@H](O)[C@@H]3O1. The highest BCUT2D eigenvalue weighted by Gasteiger charge is 2.81. The molecule has 5 nitrogen and oxygen atoms in total. The van der Waals surface area contributed by atoms with Gasteiger partial charge >= 0.3 is 7.60 Å². The highest BCUT2D eigenvalue weighted by molar-refractivity contribution is 7.54. The van der Waals surface area contributed by atoms with Crippen LogP contribution >= 0.6 is 7.60 Å². The number of aliphatic hydroxyl groups is 1. The number of aliphatic hydroxyl groups excluding tert-OH is 1. The van der Waals surface area contributed by atoms with Gasteiger partial charge in [0.15, 0.2) is 0 Å². The van der Waals surface area contributed by atoms with E-state index in [9.17, 15) is 9.67 Å². The molecule has 2 spiro atoms. The summed E-state index contributed by atoms with van der Waals surface area (Å²) in [5.74, 6) is 0. The van der Waals surface area contributed by atoms with Crippen LogP contribution in [0.2, 0.25) is 0 Å². The summed E-state index contributed by atoms with van der Waals surface area (Å²) in [7, 11) is -3.08. The molecule has 5 atom stereocenters. The predicted octanol–water partition coefficient (Wildman–Crippen LogP) is 1.44. The van der Waals surface area contributed by atoms with Crippen LogP contribution in [-0.2, 0) is 18.3 Å². The van der Waals surface area contributed by atoms with Crippen molar-refractivity contribution in [1.82, 2.24) is 0 Å².